The molecule has 6 heteroatoms. The van der Waals surface area contributed by atoms with E-state index < -0.39 is 0 Å². The minimum Gasteiger partial charge on any atom is -0.313 e. The maximum atomic E-state index is 4.80. The van der Waals surface area contributed by atoms with Gasteiger partial charge in [-0.05, 0) is 69.4 Å². The summed E-state index contributed by atoms with van der Waals surface area (Å²) in [5, 5.41) is 8.20. The van der Waals surface area contributed by atoms with E-state index in [0.29, 0.717) is 6.04 Å². The highest BCUT2D eigenvalue weighted by Gasteiger charge is 2.20. The van der Waals surface area contributed by atoms with Gasteiger partial charge in [0.05, 0.1) is 19.3 Å². The third kappa shape index (κ3) is 3.60. The summed E-state index contributed by atoms with van der Waals surface area (Å²) in [5.74, 6) is 0. The number of rotatable bonds is 5. The molecule has 2 aromatic heterocycles. The molecule has 0 amide bonds. The first-order valence-electron chi connectivity index (χ1n) is 7.33. The van der Waals surface area contributed by atoms with Crippen molar-refractivity contribution in [2.24, 2.45) is 0 Å². The van der Waals surface area contributed by atoms with E-state index in [0.717, 1.165) is 15.9 Å². The monoisotopic (exact) mass is 431 g/mol. The van der Waals surface area contributed by atoms with Crippen LogP contribution in [-0.4, -0.2) is 16.8 Å². The van der Waals surface area contributed by atoms with Crippen LogP contribution >= 0.6 is 43.2 Å². The normalized spacial score (nSPS) is 17.5. The number of thiophene rings is 1. The lowest BCUT2D eigenvalue weighted by Gasteiger charge is -2.14. The number of hydrogen-bond acceptors (Lipinski definition) is 3. The third-order valence-electron chi connectivity index (χ3n) is 4.18. The van der Waals surface area contributed by atoms with Crippen molar-refractivity contribution in [3.63, 3.8) is 0 Å². The van der Waals surface area contributed by atoms with Gasteiger partial charge in [0.25, 0.3) is 0 Å². The van der Waals surface area contributed by atoms with Gasteiger partial charge in [0.2, 0.25) is 0 Å². The summed E-state index contributed by atoms with van der Waals surface area (Å²) >= 11 is 8.93. The Morgan fingerprint density at radius 2 is 2.19 bits per heavy atom. The highest BCUT2D eigenvalue weighted by Crippen LogP contribution is 2.36. The Bertz CT molecular complexity index is 602. The van der Waals surface area contributed by atoms with Gasteiger partial charge in [-0.2, -0.15) is 5.10 Å². The van der Waals surface area contributed by atoms with Crippen LogP contribution in [0.1, 0.15) is 49.0 Å². The van der Waals surface area contributed by atoms with E-state index in [1.165, 1.54) is 35.0 Å². The molecule has 2 heterocycles. The Labute approximate surface area is 146 Å². The molecule has 0 aliphatic heterocycles. The molecule has 0 spiro atoms. The van der Waals surface area contributed by atoms with Gasteiger partial charge in [-0.1, -0.05) is 12.8 Å². The Morgan fingerprint density at radius 1 is 1.43 bits per heavy atom. The van der Waals surface area contributed by atoms with E-state index in [9.17, 15) is 0 Å². The molecule has 1 atom stereocenters. The molecular formula is C15H19Br2N3S. The summed E-state index contributed by atoms with van der Waals surface area (Å²) in [6, 6.07) is 5.25. The third-order valence-corrected chi connectivity index (χ3v) is 6.57. The highest BCUT2D eigenvalue weighted by molar-refractivity contribution is 9.12. The first-order valence-corrected chi connectivity index (χ1v) is 9.73. The first-order chi connectivity index (χ1) is 10.2. The topological polar surface area (TPSA) is 29.9 Å². The molecule has 2 aromatic rings. The smallest absolute Gasteiger partial charge is 0.0758 e. The van der Waals surface area contributed by atoms with Crippen LogP contribution in [0.4, 0.5) is 0 Å². The average Bonchev–Trinajstić information content (AvgIpc) is 3.16. The molecule has 0 bridgehead atoms. The SMILES string of the molecule is CNC(Cc1ccn(C2CCCC2)n1)c1cc(Br)sc1Br. The number of halogens is 2. The maximum absolute atomic E-state index is 4.80. The maximum Gasteiger partial charge on any atom is 0.0758 e. The second kappa shape index (κ2) is 6.94. The lowest BCUT2D eigenvalue weighted by molar-refractivity contribution is 0.459. The van der Waals surface area contributed by atoms with Crippen LogP contribution in [0.2, 0.25) is 0 Å². The highest BCUT2D eigenvalue weighted by atomic mass is 79.9. The van der Waals surface area contributed by atoms with Crippen molar-refractivity contribution in [3.8, 4) is 0 Å². The van der Waals surface area contributed by atoms with E-state index >= 15 is 0 Å². The molecule has 1 fully saturated rings. The molecule has 0 radical (unpaired) electrons. The zero-order valence-electron chi connectivity index (χ0n) is 12.0. The molecule has 21 heavy (non-hydrogen) atoms. The van der Waals surface area contributed by atoms with Crippen molar-refractivity contribution in [2.75, 3.05) is 7.05 Å². The van der Waals surface area contributed by atoms with E-state index in [-0.39, 0.29) is 6.04 Å². The molecule has 1 aliphatic carbocycles. The first kappa shape index (κ1) is 15.7. The van der Waals surface area contributed by atoms with Gasteiger partial charge in [0, 0.05) is 18.7 Å². The van der Waals surface area contributed by atoms with Gasteiger partial charge in [-0.25, -0.2) is 0 Å². The van der Waals surface area contributed by atoms with Crippen LogP contribution in [-0.2, 0) is 6.42 Å². The van der Waals surface area contributed by atoms with Crippen LogP contribution < -0.4 is 5.32 Å². The molecule has 3 rings (SSSR count). The molecule has 1 saturated carbocycles. The second-order valence-corrected chi connectivity index (χ2v) is 9.30. The fourth-order valence-electron chi connectivity index (χ4n) is 3.03. The quantitative estimate of drug-likeness (QED) is 0.713. The Balaban J connectivity index is 1.73. The fraction of sp³-hybridized carbons (Fsp3) is 0.533. The van der Waals surface area contributed by atoms with Crippen molar-refractivity contribution < 1.29 is 0 Å². The van der Waals surface area contributed by atoms with Gasteiger partial charge in [-0.15, -0.1) is 11.3 Å². The molecular weight excluding hydrogens is 414 g/mol. The Hall–Kier alpha value is -0.170. The Morgan fingerprint density at radius 3 is 2.81 bits per heavy atom. The lowest BCUT2D eigenvalue weighted by atomic mass is 10.1. The molecule has 0 saturated heterocycles. The second-order valence-electron chi connectivity index (χ2n) is 5.55. The van der Waals surface area contributed by atoms with Gasteiger partial charge >= 0.3 is 0 Å². The summed E-state index contributed by atoms with van der Waals surface area (Å²) in [4.78, 5) is 0. The Kier molecular flexibility index (Phi) is 5.19. The van der Waals surface area contributed by atoms with E-state index in [1.807, 2.05) is 7.05 Å². The summed E-state index contributed by atoms with van der Waals surface area (Å²) in [7, 11) is 2.01. The lowest BCUT2D eigenvalue weighted by Crippen LogP contribution is -2.19. The van der Waals surface area contributed by atoms with Crippen molar-refractivity contribution >= 4 is 43.2 Å². The van der Waals surface area contributed by atoms with Crippen molar-refractivity contribution in [1.29, 1.82) is 0 Å². The van der Waals surface area contributed by atoms with E-state index in [4.69, 9.17) is 5.10 Å². The van der Waals surface area contributed by atoms with Crippen LogP contribution in [0.5, 0.6) is 0 Å². The van der Waals surface area contributed by atoms with Gasteiger partial charge in [0.1, 0.15) is 0 Å². The number of nitrogens with zero attached hydrogens (tertiary/aromatic N) is 2. The van der Waals surface area contributed by atoms with Crippen LogP contribution in [0, 0.1) is 0 Å². The average molecular weight is 433 g/mol. The minimum atomic E-state index is 0.286. The molecule has 1 aliphatic rings. The molecule has 0 aromatic carbocycles. The number of nitrogens with one attached hydrogen (secondary N) is 1. The summed E-state index contributed by atoms with van der Waals surface area (Å²) in [5.41, 5.74) is 2.46. The fourth-order valence-corrected chi connectivity index (χ4v) is 6.00. The molecule has 1 unspecified atom stereocenters. The standard InChI is InChI=1S/C15H19Br2N3S/c1-18-13(12-9-14(16)21-15(12)17)8-10-6-7-20(19-10)11-4-2-3-5-11/h6-7,9,11,13,18H,2-5,8H2,1H3. The van der Waals surface area contributed by atoms with Crippen molar-refractivity contribution in [2.45, 2.75) is 44.2 Å². The van der Waals surface area contributed by atoms with Gasteiger partial charge in [0.15, 0.2) is 0 Å². The molecule has 1 N–H and O–H groups in total. The van der Waals surface area contributed by atoms with Crippen molar-refractivity contribution in [1.82, 2.24) is 15.1 Å². The van der Waals surface area contributed by atoms with Crippen LogP contribution in [0.15, 0.2) is 25.9 Å². The largest absolute Gasteiger partial charge is 0.313 e. The summed E-state index contributed by atoms with van der Waals surface area (Å²) in [6.07, 6.45) is 8.30. The number of hydrogen-bond donors (Lipinski definition) is 1. The number of likely N-dealkylation sites (N-methyl/N-ethyl adjacent to an activating group) is 1. The van der Waals surface area contributed by atoms with E-state index in [2.05, 4.69) is 60.2 Å². The number of aromatic nitrogens is 2. The summed E-state index contributed by atoms with van der Waals surface area (Å²) < 4.78 is 4.51. The van der Waals surface area contributed by atoms with Crippen LogP contribution in [0.25, 0.3) is 0 Å². The minimum absolute atomic E-state index is 0.286. The predicted octanol–water partition coefficient (Wildman–Crippen LogP) is 5.09. The van der Waals surface area contributed by atoms with Gasteiger partial charge in [-0.3, -0.25) is 4.68 Å². The zero-order valence-corrected chi connectivity index (χ0v) is 16.0. The zero-order chi connectivity index (χ0) is 14.8. The molecule has 3 nitrogen and oxygen atoms in total. The summed E-state index contributed by atoms with van der Waals surface area (Å²) in [6.45, 7) is 0. The van der Waals surface area contributed by atoms with Crippen molar-refractivity contribution in [3.05, 3.63) is 37.2 Å². The van der Waals surface area contributed by atoms with Gasteiger partial charge < -0.3 is 5.32 Å². The molecule has 114 valence electrons. The van der Waals surface area contributed by atoms with Crippen LogP contribution in [0.3, 0.4) is 0 Å². The van der Waals surface area contributed by atoms with E-state index in [1.54, 1.807) is 11.3 Å². The predicted molar refractivity (Wildman–Crippen MR) is 95.0 cm³/mol.